The summed E-state index contributed by atoms with van der Waals surface area (Å²) in [5.41, 5.74) is 8.86. The molecule has 0 fully saturated rings. The maximum Gasteiger partial charge on any atom is 0.115 e. The number of benzene rings is 2. The maximum atomic E-state index is 9.62. The van der Waals surface area contributed by atoms with Crippen LogP contribution in [0.1, 0.15) is 11.1 Å². The van der Waals surface area contributed by atoms with Crippen LogP contribution in [0, 0.1) is 0 Å². The summed E-state index contributed by atoms with van der Waals surface area (Å²) in [6.07, 6.45) is 4.26. The lowest BCUT2D eigenvalue weighted by molar-refractivity contribution is 0.475. The molecule has 4 aromatic rings. The third-order valence-electron chi connectivity index (χ3n) is 4.76. The molecule has 0 spiro atoms. The fourth-order valence-electron chi connectivity index (χ4n) is 3.53. The molecule has 0 saturated carbocycles. The summed E-state index contributed by atoms with van der Waals surface area (Å²) in [6.45, 7) is 0. The molecule has 1 aliphatic rings. The number of aromatic hydroxyl groups is 1. The first kappa shape index (κ1) is 14.1. The van der Waals surface area contributed by atoms with Crippen LogP contribution in [0.2, 0.25) is 0 Å². The summed E-state index contributed by atoms with van der Waals surface area (Å²) in [5.74, 6) is 0.271. The zero-order valence-electron chi connectivity index (χ0n) is 13.4. The Kier molecular flexibility index (Phi) is 3.01. The van der Waals surface area contributed by atoms with Gasteiger partial charge in [0.05, 0.1) is 23.9 Å². The minimum absolute atomic E-state index is 0.271. The number of hydrogen-bond acceptors (Lipinski definition) is 3. The van der Waals surface area contributed by atoms with Gasteiger partial charge in [0.2, 0.25) is 0 Å². The van der Waals surface area contributed by atoms with Crippen molar-refractivity contribution in [3.8, 4) is 39.4 Å². The van der Waals surface area contributed by atoms with Crippen LogP contribution in [0.5, 0.6) is 5.75 Å². The second-order valence-corrected chi connectivity index (χ2v) is 6.28. The minimum Gasteiger partial charge on any atom is -0.508 e. The molecule has 0 atom stereocenters. The van der Waals surface area contributed by atoms with Gasteiger partial charge in [0, 0.05) is 17.5 Å². The number of phenolic OH excluding ortho intramolecular Hbond substituents is 1. The molecule has 0 saturated heterocycles. The van der Waals surface area contributed by atoms with Crippen molar-refractivity contribution in [2.75, 3.05) is 0 Å². The molecular weight excluding hydrogens is 310 g/mol. The van der Waals surface area contributed by atoms with Gasteiger partial charge >= 0.3 is 0 Å². The van der Waals surface area contributed by atoms with Crippen LogP contribution in [0.4, 0.5) is 0 Å². The Morgan fingerprint density at radius 1 is 0.880 bits per heavy atom. The molecule has 3 heteroatoms. The fraction of sp³-hybridized carbons (Fsp3) is 0.0455. The minimum atomic E-state index is 0.271. The molecule has 2 aromatic heterocycles. The zero-order valence-corrected chi connectivity index (χ0v) is 13.4. The predicted octanol–water partition coefficient (Wildman–Crippen LogP) is 5.29. The third-order valence-corrected chi connectivity index (χ3v) is 4.76. The van der Waals surface area contributed by atoms with E-state index in [2.05, 4.69) is 30.3 Å². The monoisotopic (exact) mass is 325 g/mol. The standard InChI is InChI=1S/C22H15NO2/c24-17-7-5-14(6-8-17)19-12-21(16-9-10-25-13-16)23-22-18-4-2-1-3-15(18)11-20(19)22/h1-10,12-13,24H,11H2. The van der Waals surface area contributed by atoms with Gasteiger partial charge in [-0.05, 0) is 46.5 Å². The van der Waals surface area contributed by atoms with E-state index in [1.165, 1.54) is 16.7 Å². The Morgan fingerprint density at radius 2 is 1.72 bits per heavy atom. The highest BCUT2D eigenvalue weighted by Gasteiger charge is 2.24. The average Bonchev–Trinajstić information content (AvgIpc) is 3.29. The van der Waals surface area contributed by atoms with Crippen LogP contribution in [-0.4, -0.2) is 10.1 Å². The van der Waals surface area contributed by atoms with Gasteiger partial charge in [-0.25, -0.2) is 4.98 Å². The molecule has 0 amide bonds. The van der Waals surface area contributed by atoms with Crippen LogP contribution >= 0.6 is 0 Å². The van der Waals surface area contributed by atoms with E-state index in [0.29, 0.717) is 0 Å². The van der Waals surface area contributed by atoms with Gasteiger partial charge in [-0.2, -0.15) is 0 Å². The van der Waals surface area contributed by atoms with E-state index in [1.807, 2.05) is 18.2 Å². The third kappa shape index (κ3) is 2.24. The molecule has 0 aliphatic heterocycles. The number of nitrogens with zero attached hydrogens (tertiary/aromatic N) is 1. The van der Waals surface area contributed by atoms with Crippen molar-refractivity contribution in [1.29, 1.82) is 0 Å². The number of furan rings is 1. The van der Waals surface area contributed by atoms with Crippen molar-refractivity contribution in [1.82, 2.24) is 4.98 Å². The first-order chi connectivity index (χ1) is 12.3. The van der Waals surface area contributed by atoms with E-state index < -0.39 is 0 Å². The summed E-state index contributed by atoms with van der Waals surface area (Å²) in [4.78, 5) is 4.93. The Hall–Kier alpha value is -3.33. The van der Waals surface area contributed by atoms with E-state index in [1.54, 1.807) is 24.7 Å². The molecule has 2 aromatic carbocycles. The summed E-state index contributed by atoms with van der Waals surface area (Å²) in [5, 5.41) is 9.62. The average molecular weight is 325 g/mol. The molecule has 5 rings (SSSR count). The lowest BCUT2D eigenvalue weighted by Gasteiger charge is -2.11. The zero-order chi connectivity index (χ0) is 16.8. The van der Waals surface area contributed by atoms with E-state index >= 15 is 0 Å². The first-order valence-corrected chi connectivity index (χ1v) is 8.24. The lowest BCUT2D eigenvalue weighted by atomic mass is 9.96. The van der Waals surface area contributed by atoms with Crippen LogP contribution in [0.25, 0.3) is 33.6 Å². The Morgan fingerprint density at radius 3 is 2.52 bits per heavy atom. The van der Waals surface area contributed by atoms with Crippen molar-refractivity contribution in [3.63, 3.8) is 0 Å². The highest BCUT2D eigenvalue weighted by molar-refractivity contribution is 5.85. The largest absolute Gasteiger partial charge is 0.508 e. The Labute approximate surface area is 145 Å². The van der Waals surface area contributed by atoms with Crippen LogP contribution in [0.15, 0.2) is 77.6 Å². The second-order valence-electron chi connectivity index (χ2n) is 6.28. The normalized spacial score (nSPS) is 12.0. The van der Waals surface area contributed by atoms with Gasteiger partial charge in [-0.15, -0.1) is 0 Å². The summed E-state index contributed by atoms with van der Waals surface area (Å²) >= 11 is 0. The van der Waals surface area contributed by atoms with Gasteiger partial charge in [0.25, 0.3) is 0 Å². The first-order valence-electron chi connectivity index (χ1n) is 8.24. The lowest BCUT2D eigenvalue weighted by Crippen LogP contribution is -1.94. The molecule has 120 valence electrons. The Bertz CT molecular complexity index is 1060. The van der Waals surface area contributed by atoms with Crippen LogP contribution < -0.4 is 0 Å². The van der Waals surface area contributed by atoms with Crippen molar-refractivity contribution >= 4 is 0 Å². The number of aromatic nitrogens is 1. The van der Waals surface area contributed by atoms with Crippen molar-refractivity contribution in [2.24, 2.45) is 0 Å². The van der Waals surface area contributed by atoms with Gasteiger partial charge in [-0.1, -0.05) is 36.4 Å². The summed E-state index contributed by atoms with van der Waals surface area (Å²) in [6, 6.07) is 19.8. The summed E-state index contributed by atoms with van der Waals surface area (Å²) < 4.78 is 5.25. The van der Waals surface area contributed by atoms with E-state index in [9.17, 15) is 5.11 Å². The molecule has 0 bridgehead atoms. The van der Waals surface area contributed by atoms with E-state index in [4.69, 9.17) is 9.40 Å². The highest BCUT2D eigenvalue weighted by atomic mass is 16.3. The maximum absolute atomic E-state index is 9.62. The van der Waals surface area contributed by atoms with E-state index in [0.717, 1.165) is 34.5 Å². The molecule has 2 heterocycles. The van der Waals surface area contributed by atoms with Crippen molar-refractivity contribution < 1.29 is 9.52 Å². The van der Waals surface area contributed by atoms with Crippen molar-refractivity contribution in [2.45, 2.75) is 6.42 Å². The molecule has 0 radical (unpaired) electrons. The number of rotatable bonds is 2. The van der Waals surface area contributed by atoms with Gasteiger partial charge in [-0.3, -0.25) is 0 Å². The second kappa shape index (κ2) is 5.35. The van der Waals surface area contributed by atoms with Crippen LogP contribution in [0.3, 0.4) is 0 Å². The SMILES string of the molecule is Oc1ccc(-c2cc(-c3ccoc3)nc3c2Cc2ccccc2-3)cc1. The van der Waals surface area contributed by atoms with Gasteiger partial charge in [0.15, 0.2) is 0 Å². The summed E-state index contributed by atoms with van der Waals surface area (Å²) in [7, 11) is 0. The quantitative estimate of drug-likeness (QED) is 0.480. The molecule has 1 aliphatic carbocycles. The van der Waals surface area contributed by atoms with Gasteiger partial charge < -0.3 is 9.52 Å². The fourth-order valence-corrected chi connectivity index (χ4v) is 3.53. The van der Waals surface area contributed by atoms with Gasteiger partial charge in [0.1, 0.15) is 5.75 Å². The van der Waals surface area contributed by atoms with Crippen molar-refractivity contribution in [3.05, 3.63) is 84.3 Å². The topological polar surface area (TPSA) is 46.3 Å². The smallest absolute Gasteiger partial charge is 0.115 e. The molecule has 3 nitrogen and oxygen atoms in total. The number of fused-ring (bicyclic) bond motifs is 3. The number of pyridine rings is 1. The highest BCUT2D eigenvalue weighted by Crippen LogP contribution is 2.42. The number of phenols is 1. The molecule has 25 heavy (non-hydrogen) atoms. The van der Waals surface area contributed by atoms with Crippen LogP contribution in [-0.2, 0) is 6.42 Å². The molecular formula is C22H15NO2. The molecule has 1 N–H and O–H groups in total. The molecule has 0 unspecified atom stereocenters. The van der Waals surface area contributed by atoms with E-state index in [-0.39, 0.29) is 5.75 Å². The Balaban J connectivity index is 1.79. The number of hydrogen-bond donors (Lipinski definition) is 1. The predicted molar refractivity (Wildman–Crippen MR) is 97.3 cm³/mol.